The van der Waals surface area contributed by atoms with Crippen molar-refractivity contribution in [1.82, 2.24) is 19.8 Å². The predicted molar refractivity (Wildman–Crippen MR) is 166 cm³/mol. The maximum atomic E-state index is 12.0. The van der Waals surface area contributed by atoms with E-state index in [9.17, 15) is 4.79 Å². The van der Waals surface area contributed by atoms with E-state index in [2.05, 4.69) is 71.7 Å². The molecular formula is C33H42N6O3. The summed E-state index contributed by atoms with van der Waals surface area (Å²) < 4.78 is 11.9. The zero-order valence-electron chi connectivity index (χ0n) is 25.3. The zero-order chi connectivity index (χ0) is 30.1. The number of carbonyl (C=O) groups is 1. The highest BCUT2D eigenvalue weighted by molar-refractivity contribution is 5.89. The lowest BCUT2D eigenvalue weighted by molar-refractivity contribution is -0.126. The molecule has 0 radical (unpaired) electrons. The molecule has 9 heteroatoms. The zero-order valence-corrected chi connectivity index (χ0v) is 25.3. The molecule has 2 saturated heterocycles. The minimum atomic E-state index is -0.0863. The van der Waals surface area contributed by atoms with E-state index in [0.717, 1.165) is 17.1 Å². The van der Waals surface area contributed by atoms with Gasteiger partial charge in [0.15, 0.2) is 0 Å². The molecule has 0 N–H and O–H groups in total. The first kappa shape index (κ1) is 30.9. The van der Waals surface area contributed by atoms with E-state index in [-0.39, 0.29) is 12.0 Å². The number of piperazine rings is 1. The number of hydrogen-bond acceptors (Lipinski definition) is 8. The number of ether oxygens (including phenoxy) is 2. The van der Waals surface area contributed by atoms with Crippen molar-refractivity contribution in [3.8, 4) is 12.1 Å². The third-order valence-electron chi connectivity index (χ3n) is 7.93. The fourth-order valence-electron chi connectivity index (χ4n) is 5.76. The Morgan fingerprint density at radius 3 is 2.36 bits per heavy atom. The molecule has 3 aliphatic heterocycles. The molecule has 2 fully saturated rings. The topological polar surface area (TPSA) is 94.8 Å². The molecular weight excluding hydrogens is 528 g/mol. The van der Waals surface area contributed by atoms with Crippen molar-refractivity contribution in [2.75, 3.05) is 58.3 Å². The first-order valence-electron chi connectivity index (χ1n) is 14.6. The Kier molecular flexibility index (Phi) is 10.9. The largest absolute Gasteiger partial charge is 0.467 e. The molecule has 0 aliphatic carbocycles. The number of fused-ring (bicyclic) bond motifs is 2. The van der Waals surface area contributed by atoms with Crippen LogP contribution in [0.2, 0.25) is 0 Å². The van der Waals surface area contributed by atoms with Crippen molar-refractivity contribution in [2.45, 2.75) is 45.8 Å². The van der Waals surface area contributed by atoms with Crippen LogP contribution in [0.1, 0.15) is 48.3 Å². The minimum Gasteiger partial charge on any atom is -0.467 e. The molecule has 1 atom stereocenters. The number of rotatable bonds is 4. The van der Waals surface area contributed by atoms with Crippen LogP contribution < -0.4 is 9.64 Å². The Morgan fingerprint density at radius 2 is 1.76 bits per heavy atom. The van der Waals surface area contributed by atoms with Crippen LogP contribution in [0.15, 0.2) is 49.1 Å². The van der Waals surface area contributed by atoms with Gasteiger partial charge in [-0.2, -0.15) is 15.2 Å². The second-order valence-corrected chi connectivity index (χ2v) is 10.7. The molecule has 222 valence electrons. The standard InChI is InChI=1S/C26H28N4O3.C5H11N.C2H3N/c1-4-23(31)29-11-13-30(14-12-29)25-20-16-33-22(15-21(20)27-26(28-25)32-3)19-10-6-9-18-8-5-7-17(2)24(18)19;1-6-4-2-3-5-6;1-2-3/h4-10,22H,1,11-16H2,2-3H3;2-5H2,1H3;1H3. The van der Waals surface area contributed by atoms with Gasteiger partial charge in [0.25, 0.3) is 0 Å². The Balaban J connectivity index is 0.000000390. The Hall–Kier alpha value is -4.00. The molecule has 0 spiro atoms. The highest BCUT2D eigenvalue weighted by Gasteiger charge is 2.30. The number of hydrogen-bond donors (Lipinski definition) is 0. The van der Waals surface area contributed by atoms with Crippen LogP contribution in [-0.2, 0) is 22.6 Å². The van der Waals surface area contributed by atoms with Gasteiger partial charge in [0, 0.05) is 45.1 Å². The van der Waals surface area contributed by atoms with E-state index in [1.54, 1.807) is 13.2 Å². The summed E-state index contributed by atoms with van der Waals surface area (Å²) in [5.41, 5.74) is 4.40. The van der Waals surface area contributed by atoms with Gasteiger partial charge in [0.1, 0.15) is 5.82 Å². The number of nitrogens with zero attached hydrogens (tertiary/aromatic N) is 6. The lowest BCUT2D eigenvalue weighted by Crippen LogP contribution is -2.49. The number of methoxy groups -OCH3 is 1. The first-order chi connectivity index (χ1) is 20.4. The lowest BCUT2D eigenvalue weighted by Gasteiger charge is -2.37. The quantitative estimate of drug-likeness (QED) is 0.412. The van der Waals surface area contributed by atoms with E-state index < -0.39 is 0 Å². The maximum absolute atomic E-state index is 12.0. The molecule has 6 rings (SSSR count). The first-order valence-corrected chi connectivity index (χ1v) is 14.6. The van der Waals surface area contributed by atoms with E-state index in [0.29, 0.717) is 45.2 Å². The normalized spacial score (nSPS) is 18.1. The molecule has 2 aromatic carbocycles. The van der Waals surface area contributed by atoms with Gasteiger partial charge in [-0.25, -0.2) is 0 Å². The molecule has 0 saturated carbocycles. The minimum absolute atomic E-state index is 0.0338. The van der Waals surface area contributed by atoms with E-state index >= 15 is 0 Å². The van der Waals surface area contributed by atoms with Crippen LogP contribution in [0.5, 0.6) is 6.01 Å². The van der Waals surface area contributed by atoms with Crippen molar-refractivity contribution in [2.24, 2.45) is 0 Å². The third kappa shape index (κ3) is 7.25. The number of likely N-dealkylation sites (tertiary alicyclic amines) is 1. The molecule has 9 nitrogen and oxygen atoms in total. The average Bonchev–Trinajstić information content (AvgIpc) is 3.51. The second-order valence-electron chi connectivity index (χ2n) is 10.7. The number of anilines is 1. The van der Waals surface area contributed by atoms with Crippen LogP contribution in [0, 0.1) is 18.3 Å². The summed E-state index contributed by atoms with van der Waals surface area (Å²) >= 11 is 0. The summed E-state index contributed by atoms with van der Waals surface area (Å²) in [5.74, 6) is 0.809. The van der Waals surface area contributed by atoms with Crippen LogP contribution in [0.3, 0.4) is 0 Å². The average molecular weight is 571 g/mol. The summed E-state index contributed by atoms with van der Waals surface area (Å²) in [7, 11) is 3.77. The number of amides is 1. The van der Waals surface area contributed by atoms with Crippen LogP contribution in [0.25, 0.3) is 10.8 Å². The van der Waals surface area contributed by atoms with E-state index in [4.69, 9.17) is 19.7 Å². The van der Waals surface area contributed by atoms with Gasteiger partial charge < -0.3 is 24.2 Å². The summed E-state index contributed by atoms with van der Waals surface area (Å²) in [5, 5.41) is 9.78. The third-order valence-corrected chi connectivity index (χ3v) is 7.93. The Morgan fingerprint density at radius 1 is 1.10 bits per heavy atom. The van der Waals surface area contributed by atoms with Gasteiger partial charge in [-0.3, -0.25) is 4.79 Å². The summed E-state index contributed by atoms with van der Waals surface area (Å²) in [6.07, 6.45) is 4.77. The van der Waals surface area contributed by atoms with Gasteiger partial charge in [0.05, 0.1) is 31.6 Å². The van der Waals surface area contributed by atoms with E-state index in [1.807, 2.05) is 4.90 Å². The van der Waals surface area contributed by atoms with Crippen molar-refractivity contribution in [3.63, 3.8) is 0 Å². The molecule has 0 bridgehead atoms. The fourth-order valence-corrected chi connectivity index (χ4v) is 5.76. The Labute approximate surface area is 249 Å². The lowest BCUT2D eigenvalue weighted by atomic mass is 9.92. The second kappa shape index (κ2) is 14.8. The Bertz CT molecular complexity index is 1420. The maximum Gasteiger partial charge on any atom is 0.318 e. The molecule has 1 unspecified atom stereocenters. The van der Waals surface area contributed by atoms with Gasteiger partial charge in [-0.1, -0.05) is 43.0 Å². The van der Waals surface area contributed by atoms with Crippen LogP contribution >= 0.6 is 0 Å². The fraction of sp³-hybridized carbons (Fsp3) is 0.455. The summed E-state index contributed by atoms with van der Waals surface area (Å²) in [6, 6.07) is 14.9. The number of aryl methyl sites for hydroxylation is 1. The molecule has 4 heterocycles. The van der Waals surface area contributed by atoms with E-state index in [1.165, 1.54) is 60.8 Å². The number of carbonyl (C=O) groups excluding carboxylic acids is 1. The van der Waals surface area contributed by atoms with Crippen LogP contribution in [-0.4, -0.2) is 79.1 Å². The molecule has 3 aromatic rings. The molecule has 42 heavy (non-hydrogen) atoms. The highest BCUT2D eigenvalue weighted by atomic mass is 16.5. The van der Waals surface area contributed by atoms with Gasteiger partial charge >= 0.3 is 6.01 Å². The molecule has 1 amide bonds. The number of benzene rings is 2. The monoisotopic (exact) mass is 570 g/mol. The van der Waals surface area contributed by atoms with Crippen molar-refractivity contribution in [1.29, 1.82) is 5.26 Å². The molecule has 3 aliphatic rings. The molecule has 1 aromatic heterocycles. The summed E-state index contributed by atoms with van der Waals surface area (Å²) in [4.78, 5) is 27.7. The van der Waals surface area contributed by atoms with Gasteiger partial charge in [0.2, 0.25) is 5.91 Å². The van der Waals surface area contributed by atoms with Crippen molar-refractivity contribution >= 4 is 22.5 Å². The smallest absolute Gasteiger partial charge is 0.318 e. The van der Waals surface area contributed by atoms with Crippen molar-refractivity contribution in [3.05, 3.63) is 71.4 Å². The summed E-state index contributed by atoms with van der Waals surface area (Å²) in [6.45, 7) is 12.9. The highest BCUT2D eigenvalue weighted by Crippen LogP contribution is 2.38. The number of aromatic nitrogens is 2. The number of nitriles is 1. The van der Waals surface area contributed by atoms with Gasteiger partial charge in [-0.15, -0.1) is 0 Å². The SMILES string of the molecule is C=CC(=O)N1CCN(c2nc(OC)nc3c2COC(c2cccc4cccc(C)c24)C3)CC1.CC#N.CN1CCCC1. The van der Waals surface area contributed by atoms with Crippen molar-refractivity contribution < 1.29 is 14.3 Å². The van der Waals surface area contributed by atoms with Gasteiger partial charge in [-0.05, 0) is 67.9 Å². The predicted octanol–water partition coefficient (Wildman–Crippen LogP) is 4.84. The van der Waals surface area contributed by atoms with Crippen LogP contribution in [0.4, 0.5) is 5.82 Å².